The standard InChI is InChI=1S/C21H26N4O3/c1-15-11-18(24-28-15)19(26)23-17-12-21(9-5-6-10-25(21)14-17)20(27)22-13-16-7-3-2-4-8-16/h2-4,7-8,11,17H,5-6,9-10,12-14H2,1H3,(H,22,27)(H,23,26)/t17-,21+/m0/s1. The van der Waals surface area contributed by atoms with Gasteiger partial charge in [-0.15, -0.1) is 0 Å². The van der Waals surface area contributed by atoms with E-state index in [1.54, 1.807) is 13.0 Å². The summed E-state index contributed by atoms with van der Waals surface area (Å²) in [7, 11) is 0. The number of benzene rings is 1. The van der Waals surface area contributed by atoms with Gasteiger partial charge in [-0.2, -0.15) is 0 Å². The van der Waals surface area contributed by atoms with Crippen LogP contribution in [-0.4, -0.2) is 46.5 Å². The Bertz CT molecular complexity index is 850. The second kappa shape index (κ2) is 7.75. The van der Waals surface area contributed by atoms with Gasteiger partial charge in [-0.3, -0.25) is 14.5 Å². The normalized spacial score (nSPS) is 24.5. The van der Waals surface area contributed by atoms with Crippen molar-refractivity contribution in [3.8, 4) is 0 Å². The molecule has 0 spiro atoms. The monoisotopic (exact) mass is 382 g/mol. The Morgan fingerprint density at radius 2 is 2.11 bits per heavy atom. The molecule has 1 aromatic heterocycles. The molecule has 148 valence electrons. The third-order valence-electron chi connectivity index (χ3n) is 5.81. The van der Waals surface area contributed by atoms with E-state index >= 15 is 0 Å². The first kappa shape index (κ1) is 18.7. The summed E-state index contributed by atoms with van der Waals surface area (Å²) >= 11 is 0. The van der Waals surface area contributed by atoms with Gasteiger partial charge in [0.15, 0.2) is 5.69 Å². The highest BCUT2D eigenvalue weighted by Crippen LogP contribution is 2.38. The molecule has 0 radical (unpaired) electrons. The maximum atomic E-state index is 13.2. The molecule has 2 amide bonds. The number of amides is 2. The van der Waals surface area contributed by atoms with E-state index in [0.29, 0.717) is 25.3 Å². The van der Waals surface area contributed by atoms with Gasteiger partial charge < -0.3 is 15.2 Å². The second-order valence-electron chi connectivity index (χ2n) is 7.80. The molecule has 4 rings (SSSR count). The molecule has 2 aromatic rings. The first-order chi connectivity index (χ1) is 13.6. The van der Waals surface area contributed by atoms with Crippen LogP contribution < -0.4 is 10.6 Å². The van der Waals surface area contributed by atoms with E-state index in [1.165, 1.54) is 0 Å². The van der Waals surface area contributed by atoms with Crippen molar-refractivity contribution < 1.29 is 14.1 Å². The minimum atomic E-state index is -0.537. The summed E-state index contributed by atoms with van der Waals surface area (Å²) in [6.07, 6.45) is 3.55. The van der Waals surface area contributed by atoms with Crippen LogP contribution in [0.4, 0.5) is 0 Å². The maximum Gasteiger partial charge on any atom is 0.273 e. The van der Waals surface area contributed by atoms with Crippen LogP contribution in [0.15, 0.2) is 40.9 Å². The summed E-state index contributed by atoms with van der Waals surface area (Å²) < 4.78 is 4.99. The van der Waals surface area contributed by atoms with Crippen molar-refractivity contribution in [2.24, 2.45) is 0 Å². The van der Waals surface area contributed by atoms with Gasteiger partial charge in [0, 0.05) is 25.2 Å². The highest BCUT2D eigenvalue weighted by atomic mass is 16.5. The molecule has 0 aliphatic carbocycles. The Morgan fingerprint density at radius 3 is 2.86 bits per heavy atom. The lowest BCUT2D eigenvalue weighted by atomic mass is 9.84. The molecule has 0 unspecified atom stereocenters. The van der Waals surface area contributed by atoms with Crippen LogP contribution in [0.5, 0.6) is 0 Å². The molecule has 28 heavy (non-hydrogen) atoms. The zero-order valence-electron chi connectivity index (χ0n) is 16.1. The molecule has 2 aliphatic heterocycles. The number of rotatable bonds is 5. The van der Waals surface area contributed by atoms with Crippen LogP contribution in [0, 0.1) is 6.92 Å². The lowest BCUT2D eigenvalue weighted by Gasteiger charge is -2.40. The van der Waals surface area contributed by atoms with Gasteiger partial charge in [-0.25, -0.2) is 0 Å². The van der Waals surface area contributed by atoms with Crippen molar-refractivity contribution in [2.75, 3.05) is 13.1 Å². The number of hydrogen-bond donors (Lipinski definition) is 2. The first-order valence-electron chi connectivity index (χ1n) is 9.88. The minimum absolute atomic E-state index is 0.0603. The van der Waals surface area contributed by atoms with Crippen molar-refractivity contribution in [3.05, 3.63) is 53.4 Å². The SMILES string of the molecule is Cc1cc(C(=O)N[C@@H]2CN3CCCC[C@]3(C(=O)NCc3ccccc3)C2)no1. The summed E-state index contributed by atoms with van der Waals surface area (Å²) in [6, 6.07) is 11.5. The molecule has 2 fully saturated rings. The average Bonchev–Trinajstić information content (AvgIpc) is 3.30. The molecule has 0 saturated carbocycles. The molecule has 3 heterocycles. The lowest BCUT2D eigenvalue weighted by molar-refractivity contribution is -0.134. The van der Waals surface area contributed by atoms with Gasteiger partial charge >= 0.3 is 0 Å². The average molecular weight is 382 g/mol. The predicted molar refractivity (Wildman–Crippen MR) is 104 cm³/mol. The van der Waals surface area contributed by atoms with Gasteiger partial charge in [-0.1, -0.05) is 35.5 Å². The summed E-state index contributed by atoms with van der Waals surface area (Å²) in [5, 5.41) is 9.94. The number of hydrogen-bond acceptors (Lipinski definition) is 5. The van der Waals surface area contributed by atoms with E-state index in [4.69, 9.17) is 4.52 Å². The zero-order valence-corrected chi connectivity index (χ0v) is 16.1. The summed E-state index contributed by atoms with van der Waals surface area (Å²) in [5.41, 5.74) is 0.828. The number of fused-ring (bicyclic) bond motifs is 1. The van der Waals surface area contributed by atoms with Crippen molar-refractivity contribution in [2.45, 2.75) is 50.7 Å². The molecule has 2 N–H and O–H groups in total. The number of aromatic nitrogens is 1. The third kappa shape index (κ3) is 3.67. The smallest absolute Gasteiger partial charge is 0.273 e. The van der Waals surface area contributed by atoms with E-state index in [2.05, 4.69) is 20.7 Å². The molecule has 7 nitrogen and oxygen atoms in total. The molecule has 1 aromatic carbocycles. The van der Waals surface area contributed by atoms with E-state index in [9.17, 15) is 9.59 Å². The van der Waals surface area contributed by atoms with Crippen molar-refractivity contribution in [3.63, 3.8) is 0 Å². The Morgan fingerprint density at radius 1 is 1.29 bits per heavy atom. The topological polar surface area (TPSA) is 87.5 Å². The van der Waals surface area contributed by atoms with Crippen LogP contribution in [0.25, 0.3) is 0 Å². The van der Waals surface area contributed by atoms with Gasteiger partial charge in [0.1, 0.15) is 11.3 Å². The fraction of sp³-hybridized carbons (Fsp3) is 0.476. The number of nitrogens with one attached hydrogen (secondary N) is 2. The van der Waals surface area contributed by atoms with Gasteiger partial charge in [0.05, 0.1) is 0 Å². The molecule has 2 aliphatic rings. The summed E-state index contributed by atoms with van der Waals surface area (Å²) in [4.78, 5) is 27.9. The zero-order chi connectivity index (χ0) is 19.6. The van der Waals surface area contributed by atoms with Crippen molar-refractivity contribution in [1.29, 1.82) is 0 Å². The Kier molecular flexibility index (Phi) is 5.17. The molecule has 2 atom stereocenters. The van der Waals surface area contributed by atoms with Crippen LogP contribution >= 0.6 is 0 Å². The quantitative estimate of drug-likeness (QED) is 0.826. The van der Waals surface area contributed by atoms with Crippen LogP contribution in [0.1, 0.15) is 47.5 Å². The van der Waals surface area contributed by atoms with Crippen LogP contribution in [-0.2, 0) is 11.3 Å². The number of carbonyl (C=O) groups excluding carboxylic acids is 2. The highest BCUT2D eigenvalue weighted by molar-refractivity contribution is 5.93. The molecule has 2 saturated heterocycles. The highest BCUT2D eigenvalue weighted by Gasteiger charge is 2.52. The fourth-order valence-corrected chi connectivity index (χ4v) is 4.45. The predicted octanol–water partition coefficient (Wildman–Crippen LogP) is 2.03. The largest absolute Gasteiger partial charge is 0.361 e. The third-order valence-corrected chi connectivity index (χ3v) is 5.81. The Hall–Kier alpha value is -2.67. The van der Waals surface area contributed by atoms with Crippen molar-refractivity contribution in [1.82, 2.24) is 20.7 Å². The number of piperidine rings is 1. The summed E-state index contributed by atoms with van der Waals surface area (Å²) in [6.45, 7) is 3.84. The minimum Gasteiger partial charge on any atom is -0.361 e. The maximum absolute atomic E-state index is 13.2. The lowest BCUT2D eigenvalue weighted by Crippen LogP contribution is -2.57. The van der Waals surface area contributed by atoms with Gasteiger partial charge in [0.2, 0.25) is 5.91 Å². The second-order valence-corrected chi connectivity index (χ2v) is 7.80. The fourth-order valence-electron chi connectivity index (χ4n) is 4.45. The molecule has 7 heteroatoms. The number of carbonyl (C=O) groups is 2. The van der Waals surface area contributed by atoms with Crippen LogP contribution in [0.2, 0.25) is 0 Å². The first-order valence-corrected chi connectivity index (χ1v) is 9.88. The Balaban J connectivity index is 1.43. The van der Waals surface area contributed by atoms with E-state index in [1.807, 2.05) is 30.3 Å². The van der Waals surface area contributed by atoms with Crippen LogP contribution in [0.3, 0.4) is 0 Å². The van der Waals surface area contributed by atoms with Gasteiger partial charge in [0.25, 0.3) is 5.91 Å². The molecular weight excluding hydrogens is 356 g/mol. The van der Waals surface area contributed by atoms with E-state index < -0.39 is 5.54 Å². The number of aryl methyl sites for hydroxylation is 1. The van der Waals surface area contributed by atoms with E-state index in [-0.39, 0.29) is 23.6 Å². The number of nitrogens with zero attached hydrogens (tertiary/aromatic N) is 2. The van der Waals surface area contributed by atoms with E-state index in [0.717, 1.165) is 31.4 Å². The molecular formula is C21H26N4O3. The molecule has 0 bridgehead atoms. The van der Waals surface area contributed by atoms with Crippen molar-refractivity contribution >= 4 is 11.8 Å². The summed E-state index contributed by atoms with van der Waals surface area (Å²) in [5.74, 6) is 0.414. The van der Waals surface area contributed by atoms with Gasteiger partial charge in [-0.05, 0) is 44.7 Å². The Labute approximate surface area is 164 Å².